The summed E-state index contributed by atoms with van der Waals surface area (Å²) >= 11 is 0. The first-order chi connectivity index (χ1) is 10.1. The van der Waals surface area contributed by atoms with Crippen LogP contribution in [-0.2, 0) is 0 Å². The van der Waals surface area contributed by atoms with Crippen LogP contribution in [-0.4, -0.2) is 20.8 Å². The zero-order chi connectivity index (χ0) is 14.7. The first-order valence-electron chi connectivity index (χ1n) is 7.84. The molecule has 1 fully saturated rings. The van der Waals surface area contributed by atoms with Crippen molar-refractivity contribution in [3.63, 3.8) is 0 Å². The van der Waals surface area contributed by atoms with Crippen LogP contribution in [0.15, 0.2) is 36.9 Å². The standard InChI is InChI=1S/C17H24N4/c1-17(2)9-4-6-14(8-10-17)20-15-5-3-7-16(11-15)21-12-18-19-13-21/h3,5,7,11-14,20H,4,6,8-10H2,1-2H3. The predicted molar refractivity (Wildman–Crippen MR) is 85.6 cm³/mol. The topological polar surface area (TPSA) is 42.7 Å². The molecular formula is C17H24N4. The SMILES string of the molecule is CC1(C)CCCC(Nc2cccc(-n3cnnc3)c2)CC1. The Morgan fingerprint density at radius 2 is 1.95 bits per heavy atom. The molecule has 1 unspecified atom stereocenters. The molecule has 4 heteroatoms. The average Bonchev–Trinajstić information content (AvgIpc) is 2.93. The molecule has 112 valence electrons. The summed E-state index contributed by atoms with van der Waals surface area (Å²) in [6, 6.07) is 9.05. The number of hydrogen-bond donors (Lipinski definition) is 1. The summed E-state index contributed by atoms with van der Waals surface area (Å²) in [5.74, 6) is 0. The summed E-state index contributed by atoms with van der Waals surface area (Å²) in [6.07, 6.45) is 9.93. The number of aromatic nitrogens is 3. The van der Waals surface area contributed by atoms with E-state index in [-0.39, 0.29) is 0 Å². The van der Waals surface area contributed by atoms with Gasteiger partial charge in [-0.3, -0.25) is 4.57 Å². The lowest BCUT2D eigenvalue weighted by atomic mass is 9.85. The third-order valence-corrected chi connectivity index (χ3v) is 4.51. The summed E-state index contributed by atoms with van der Waals surface area (Å²) in [5.41, 5.74) is 2.78. The Kier molecular flexibility index (Phi) is 3.95. The van der Waals surface area contributed by atoms with Crippen molar-refractivity contribution < 1.29 is 0 Å². The van der Waals surface area contributed by atoms with E-state index in [0.29, 0.717) is 11.5 Å². The van der Waals surface area contributed by atoms with Gasteiger partial charge < -0.3 is 5.32 Å². The zero-order valence-corrected chi connectivity index (χ0v) is 12.9. The Hall–Kier alpha value is -1.84. The Balaban J connectivity index is 1.69. The van der Waals surface area contributed by atoms with Gasteiger partial charge in [-0.05, 0) is 49.3 Å². The maximum atomic E-state index is 3.86. The smallest absolute Gasteiger partial charge is 0.123 e. The fourth-order valence-corrected chi connectivity index (χ4v) is 3.13. The van der Waals surface area contributed by atoms with E-state index in [1.807, 2.05) is 4.57 Å². The van der Waals surface area contributed by atoms with E-state index in [1.165, 1.54) is 37.8 Å². The highest BCUT2D eigenvalue weighted by molar-refractivity contribution is 5.51. The Morgan fingerprint density at radius 1 is 1.14 bits per heavy atom. The van der Waals surface area contributed by atoms with Gasteiger partial charge in [-0.1, -0.05) is 26.3 Å². The molecule has 0 bridgehead atoms. The number of nitrogens with one attached hydrogen (secondary N) is 1. The molecule has 1 saturated carbocycles. The minimum Gasteiger partial charge on any atom is -0.382 e. The molecule has 1 aromatic carbocycles. The second-order valence-corrected chi connectivity index (χ2v) is 6.86. The summed E-state index contributed by atoms with van der Waals surface area (Å²) in [7, 11) is 0. The fourth-order valence-electron chi connectivity index (χ4n) is 3.13. The van der Waals surface area contributed by atoms with Gasteiger partial charge in [-0.15, -0.1) is 10.2 Å². The molecule has 3 rings (SSSR count). The van der Waals surface area contributed by atoms with Crippen LogP contribution in [0.3, 0.4) is 0 Å². The van der Waals surface area contributed by atoms with Crippen LogP contribution in [0.5, 0.6) is 0 Å². The van der Waals surface area contributed by atoms with Crippen molar-refractivity contribution in [2.45, 2.75) is 52.0 Å². The van der Waals surface area contributed by atoms with Crippen molar-refractivity contribution in [2.24, 2.45) is 5.41 Å². The van der Waals surface area contributed by atoms with Gasteiger partial charge >= 0.3 is 0 Å². The van der Waals surface area contributed by atoms with Crippen molar-refractivity contribution in [1.82, 2.24) is 14.8 Å². The van der Waals surface area contributed by atoms with Gasteiger partial charge in [0.15, 0.2) is 0 Å². The van der Waals surface area contributed by atoms with Crippen LogP contribution in [0.1, 0.15) is 46.0 Å². The molecule has 0 spiro atoms. The maximum absolute atomic E-state index is 3.86. The second kappa shape index (κ2) is 5.88. The Bertz CT molecular complexity index is 574. The van der Waals surface area contributed by atoms with Gasteiger partial charge in [0.2, 0.25) is 0 Å². The highest BCUT2D eigenvalue weighted by Crippen LogP contribution is 2.34. The van der Waals surface area contributed by atoms with Crippen LogP contribution in [0.2, 0.25) is 0 Å². The fraction of sp³-hybridized carbons (Fsp3) is 0.529. The van der Waals surface area contributed by atoms with Crippen molar-refractivity contribution in [1.29, 1.82) is 0 Å². The van der Waals surface area contributed by atoms with Crippen LogP contribution in [0.25, 0.3) is 5.69 Å². The van der Waals surface area contributed by atoms with Crippen molar-refractivity contribution in [3.8, 4) is 5.69 Å². The molecule has 1 N–H and O–H groups in total. The molecule has 1 aliphatic carbocycles. The minimum absolute atomic E-state index is 0.501. The Labute approximate surface area is 126 Å². The number of rotatable bonds is 3. The molecule has 1 atom stereocenters. The highest BCUT2D eigenvalue weighted by Gasteiger charge is 2.24. The first kappa shape index (κ1) is 14.1. The molecule has 1 aromatic heterocycles. The van der Waals surface area contributed by atoms with Crippen molar-refractivity contribution >= 4 is 5.69 Å². The predicted octanol–water partition coefficient (Wildman–Crippen LogP) is 4.04. The van der Waals surface area contributed by atoms with Crippen LogP contribution in [0, 0.1) is 5.41 Å². The monoisotopic (exact) mass is 284 g/mol. The summed E-state index contributed by atoms with van der Waals surface area (Å²) < 4.78 is 1.93. The molecule has 0 amide bonds. The largest absolute Gasteiger partial charge is 0.382 e. The molecule has 0 saturated heterocycles. The van der Waals surface area contributed by atoms with Crippen molar-refractivity contribution in [2.75, 3.05) is 5.32 Å². The van der Waals surface area contributed by atoms with E-state index < -0.39 is 0 Å². The summed E-state index contributed by atoms with van der Waals surface area (Å²) in [6.45, 7) is 4.78. The van der Waals surface area contributed by atoms with Gasteiger partial charge in [0.1, 0.15) is 12.7 Å². The molecule has 4 nitrogen and oxygen atoms in total. The van der Waals surface area contributed by atoms with Crippen LogP contribution < -0.4 is 5.32 Å². The van der Waals surface area contributed by atoms with Gasteiger partial charge in [0, 0.05) is 11.7 Å². The normalized spacial score (nSPS) is 21.7. The molecule has 0 radical (unpaired) electrons. The molecule has 2 aromatic rings. The lowest BCUT2D eigenvalue weighted by Crippen LogP contribution is -2.19. The number of anilines is 1. The van der Waals surface area contributed by atoms with E-state index in [9.17, 15) is 0 Å². The summed E-state index contributed by atoms with van der Waals surface area (Å²) in [4.78, 5) is 0. The lowest BCUT2D eigenvalue weighted by molar-refractivity contribution is 0.313. The Morgan fingerprint density at radius 3 is 2.76 bits per heavy atom. The van der Waals surface area contributed by atoms with Gasteiger partial charge in [0.05, 0.1) is 5.69 Å². The third-order valence-electron chi connectivity index (χ3n) is 4.51. The summed E-state index contributed by atoms with van der Waals surface area (Å²) in [5, 5.41) is 11.4. The quantitative estimate of drug-likeness (QED) is 0.865. The number of benzene rings is 1. The highest BCUT2D eigenvalue weighted by atomic mass is 15.2. The molecule has 0 aliphatic heterocycles. The van der Waals surface area contributed by atoms with Gasteiger partial charge in [-0.25, -0.2) is 0 Å². The molecule has 21 heavy (non-hydrogen) atoms. The van der Waals surface area contributed by atoms with Gasteiger partial charge in [0.25, 0.3) is 0 Å². The van der Waals surface area contributed by atoms with E-state index in [2.05, 4.69) is 53.6 Å². The van der Waals surface area contributed by atoms with Crippen molar-refractivity contribution in [3.05, 3.63) is 36.9 Å². The number of nitrogens with zero attached hydrogens (tertiary/aromatic N) is 3. The van der Waals surface area contributed by atoms with E-state index >= 15 is 0 Å². The molecular weight excluding hydrogens is 260 g/mol. The van der Waals surface area contributed by atoms with Crippen LogP contribution >= 0.6 is 0 Å². The first-order valence-corrected chi connectivity index (χ1v) is 7.84. The minimum atomic E-state index is 0.501. The maximum Gasteiger partial charge on any atom is 0.123 e. The van der Waals surface area contributed by atoms with E-state index in [0.717, 1.165) is 5.69 Å². The third kappa shape index (κ3) is 3.63. The average molecular weight is 284 g/mol. The molecule has 1 aliphatic rings. The lowest BCUT2D eigenvalue weighted by Gasteiger charge is -2.22. The second-order valence-electron chi connectivity index (χ2n) is 6.86. The van der Waals surface area contributed by atoms with Gasteiger partial charge in [-0.2, -0.15) is 0 Å². The van der Waals surface area contributed by atoms with Crippen LogP contribution in [0.4, 0.5) is 5.69 Å². The zero-order valence-electron chi connectivity index (χ0n) is 12.9. The van der Waals surface area contributed by atoms with E-state index in [1.54, 1.807) is 12.7 Å². The van der Waals surface area contributed by atoms with E-state index in [4.69, 9.17) is 0 Å². The molecule has 1 heterocycles. The number of hydrogen-bond acceptors (Lipinski definition) is 3.